The van der Waals surface area contributed by atoms with Crippen molar-refractivity contribution in [3.63, 3.8) is 0 Å². The minimum atomic E-state index is -3.78. The van der Waals surface area contributed by atoms with Crippen LogP contribution in [0, 0.1) is 34.6 Å². The lowest BCUT2D eigenvalue weighted by atomic mass is 9.95. The van der Waals surface area contributed by atoms with Crippen molar-refractivity contribution in [3.05, 3.63) is 40.5 Å². The van der Waals surface area contributed by atoms with Crippen LogP contribution in [0.25, 0.3) is 0 Å². The van der Waals surface area contributed by atoms with Gasteiger partial charge in [-0.3, -0.25) is 9.59 Å². The van der Waals surface area contributed by atoms with Crippen LogP contribution >= 0.6 is 0 Å². The maximum Gasteiger partial charge on any atom is 0.307 e. The van der Waals surface area contributed by atoms with Crippen LogP contribution in [-0.2, 0) is 24.3 Å². The van der Waals surface area contributed by atoms with Crippen LogP contribution in [0.4, 0.5) is 0 Å². The normalized spacial score (nSPS) is 12.4. The van der Waals surface area contributed by atoms with Gasteiger partial charge in [0.2, 0.25) is 10.0 Å². The Morgan fingerprint density at radius 3 is 2.04 bits per heavy atom. The van der Waals surface area contributed by atoms with Gasteiger partial charge in [0.25, 0.3) is 5.91 Å². The molecule has 0 radical (unpaired) electrons. The summed E-state index contributed by atoms with van der Waals surface area (Å²) < 4.78 is 33.0. The molecule has 0 unspecified atom stereocenters. The molecule has 0 aliphatic carbocycles. The lowest BCUT2D eigenvalue weighted by Gasteiger charge is -2.19. The fourth-order valence-electron chi connectivity index (χ4n) is 2.85. The average Bonchev–Trinajstić information content (AvgIpc) is 2.62. The second-order valence-corrected chi connectivity index (χ2v) is 8.47. The zero-order valence-electron chi connectivity index (χ0n) is 17.4. The van der Waals surface area contributed by atoms with Crippen LogP contribution in [0.1, 0.15) is 41.2 Å². The highest BCUT2D eigenvalue weighted by Crippen LogP contribution is 2.29. The van der Waals surface area contributed by atoms with Crippen molar-refractivity contribution in [3.8, 4) is 0 Å². The average molecular weight is 411 g/mol. The maximum atomic E-state index is 12.8. The van der Waals surface area contributed by atoms with E-state index in [9.17, 15) is 18.0 Å². The number of sulfonamides is 1. The van der Waals surface area contributed by atoms with Crippen molar-refractivity contribution in [1.82, 2.24) is 10.0 Å². The van der Waals surface area contributed by atoms with Gasteiger partial charge in [0.1, 0.15) is 0 Å². The highest BCUT2D eigenvalue weighted by Gasteiger charge is 2.24. The molecule has 0 aliphatic heterocycles. The van der Waals surface area contributed by atoms with E-state index in [1.165, 1.54) is 13.0 Å². The number of carbonyl (C=O) groups is 2. The van der Waals surface area contributed by atoms with Crippen molar-refractivity contribution in [2.24, 2.45) is 0 Å². The first kappa shape index (κ1) is 23.8. The van der Waals surface area contributed by atoms with Crippen LogP contribution in [0.15, 0.2) is 17.6 Å². The number of benzene rings is 1. The highest BCUT2D eigenvalue weighted by atomic mass is 32.2. The summed E-state index contributed by atoms with van der Waals surface area (Å²) in [4.78, 5) is 23.8. The summed E-state index contributed by atoms with van der Waals surface area (Å²) >= 11 is 0. The van der Waals surface area contributed by atoms with E-state index in [1.807, 2.05) is 20.8 Å². The van der Waals surface area contributed by atoms with Gasteiger partial charge in [-0.2, -0.15) is 0 Å². The van der Waals surface area contributed by atoms with Crippen molar-refractivity contribution in [2.45, 2.75) is 59.0 Å². The number of carbonyl (C=O) groups excluding carboxylic acids is 2. The van der Waals surface area contributed by atoms with Gasteiger partial charge in [0.15, 0.2) is 6.10 Å². The fourth-order valence-corrected chi connectivity index (χ4v) is 4.48. The molecule has 0 aliphatic rings. The van der Waals surface area contributed by atoms with E-state index in [0.29, 0.717) is 11.1 Å². The van der Waals surface area contributed by atoms with E-state index >= 15 is 0 Å². The van der Waals surface area contributed by atoms with Crippen molar-refractivity contribution >= 4 is 21.9 Å². The summed E-state index contributed by atoms with van der Waals surface area (Å²) in [6.45, 7) is 14.4. The van der Waals surface area contributed by atoms with E-state index in [1.54, 1.807) is 13.8 Å². The Labute approximate surface area is 167 Å². The molecular formula is C20H30N2O5S. The van der Waals surface area contributed by atoms with E-state index in [2.05, 4.69) is 16.6 Å². The monoisotopic (exact) mass is 410 g/mol. The van der Waals surface area contributed by atoms with Crippen LogP contribution in [0.2, 0.25) is 0 Å². The second kappa shape index (κ2) is 9.84. The van der Waals surface area contributed by atoms with Gasteiger partial charge in [0.05, 0.1) is 11.3 Å². The minimum Gasteiger partial charge on any atom is -0.453 e. The first-order valence-corrected chi connectivity index (χ1v) is 10.6. The molecule has 0 heterocycles. The Hall–Kier alpha value is -2.19. The maximum absolute atomic E-state index is 12.8. The molecule has 0 aromatic heterocycles. The third kappa shape index (κ3) is 5.65. The summed E-state index contributed by atoms with van der Waals surface area (Å²) in [6, 6.07) is 0. The Morgan fingerprint density at radius 1 is 1.04 bits per heavy atom. The SMILES string of the molecule is C=CCNC(=O)[C@H](C)OC(=O)CCNS(=O)(=O)c1c(C)c(C)c(C)c(C)c1C. The van der Waals surface area contributed by atoms with E-state index in [-0.39, 0.29) is 24.4 Å². The molecule has 1 aromatic carbocycles. The Kier molecular flexibility index (Phi) is 8.38. The van der Waals surface area contributed by atoms with Gasteiger partial charge < -0.3 is 10.1 Å². The smallest absolute Gasteiger partial charge is 0.307 e. The molecule has 0 fully saturated rings. The van der Waals surface area contributed by atoms with Crippen LogP contribution < -0.4 is 10.0 Å². The summed E-state index contributed by atoms with van der Waals surface area (Å²) in [7, 11) is -3.78. The predicted octanol–water partition coefficient (Wildman–Crippen LogP) is 2.13. The number of hydrogen-bond donors (Lipinski definition) is 2. The summed E-state index contributed by atoms with van der Waals surface area (Å²) in [6.07, 6.45) is 0.371. The minimum absolute atomic E-state index is 0.118. The summed E-state index contributed by atoms with van der Waals surface area (Å²) in [5, 5.41) is 2.52. The van der Waals surface area contributed by atoms with E-state index in [4.69, 9.17) is 4.74 Å². The Morgan fingerprint density at radius 2 is 1.54 bits per heavy atom. The number of hydrogen-bond acceptors (Lipinski definition) is 5. The molecule has 8 heteroatoms. The van der Waals surface area contributed by atoms with Crippen molar-refractivity contribution < 1.29 is 22.7 Å². The zero-order chi connectivity index (χ0) is 21.6. The first-order chi connectivity index (χ1) is 12.9. The predicted molar refractivity (Wildman–Crippen MR) is 109 cm³/mol. The molecule has 1 amide bonds. The zero-order valence-corrected chi connectivity index (χ0v) is 18.2. The topological polar surface area (TPSA) is 102 Å². The number of rotatable bonds is 9. The summed E-state index contributed by atoms with van der Waals surface area (Å²) in [5.74, 6) is -1.10. The Bertz CT molecular complexity index is 846. The molecule has 0 spiro atoms. The van der Waals surface area contributed by atoms with Gasteiger partial charge in [-0.05, 0) is 69.4 Å². The molecule has 0 saturated carbocycles. The van der Waals surface area contributed by atoms with Gasteiger partial charge in [-0.1, -0.05) is 6.08 Å². The lowest BCUT2D eigenvalue weighted by Crippen LogP contribution is -2.36. The molecule has 28 heavy (non-hydrogen) atoms. The standard InChI is InChI=1S/C20H30N2O5S/c1-8-10-21-20(24)17(7)27-18(23)9-11-22-28(25,26)19-15(5)13(3)12(2)14(4)16(19)6/h8,17,22H,1,9-11H2,2-7H3,(H,21,24)/t17-/m0/s1. The van der Waals surface area contributed by atoms with Gasteiger partial charge in [-0.15, -0.1) is 6.58 Å². The third-order valence-corrected chi connectivity index (χ3v) is 6.65. The lowest BCUT2D eigenvalue weighted by molar-refractivity contribution is -0.154. The number of amides is 1. The van der Waals surface area contributed by atoms with Gasteiger partial charge in [-0.25, -0.2) is 13.1 Å². The van der Waals surface area contributed by atoms with Crippen molar-refractivity contribution in [1.29, 1.82) is 0 Å². The molecule has 0 bridgehead atoms. The largest absolute Gasteiger partial charge is 0.453 e. The van der Waals surface area contributed by atoms with Crippen LogP contribution in [0.5, 0.6) is 0 Å². The molecule has 7 nitrogen and oxygen atoms in total. The summed E-state index contributed by atoms with van der Waals surface area (Å²) in [5.41, 5.74) is 4.33. The van der Waals surface area contributed by atoms with E-state index in [0.717, 1.165) is 16.7 Å². The molecule has 1 aromatic rings. The van der Waals surface area contributed by atoms with Gasteiger partial charge in [0, 0.05) is 13.1 Å². The Balaban J connectivity index is 2.77. The van der Waals surface area contributed by atoms with Crippen LogP contribution in [0.3, 0.4) is 0 Å². The quantitative estimate of drug-likeness (QED) is 0.480. The number of nitrogens with one attached hydrogen (secondary N) is 2. The fraction of sp³-hybridized carbons (Fsp3) is 0.500. The number of ether oxygens (including phenoxy) is 1. The molecule has 1 atom stereocenters. The molecule has 0 saturated heterocycles. The molecule has 1 rings (SSSR count). The molecule has 156 valence electrons. The first-order valence-electron chi connectivity index (χ1n) is 9.08. The molecule has 2 N–H and O–H groups in total. The van der Waals surface area contributed by atoms with Crippen LogP contribution in [-0.4, -0.2) is 39.5 Å². The second-order valence-electron chi connectivity index (χ2n) is 6.77. The molecular weight excluding hydrogens is 380 g/mol. The van der Waals surface area contributed by atoms with E-state index < -0.39 is 28.0 Å². The highest BCUT2D eigenvalue weighted by molar-refractivity contribution is 7.89. The third-order valence-electron chi connectivity index (χ3n) is 4.92. The van der Waals surface area contributed by atoms with Gasteiger partial charge >= 0.3 is 5.97 Å². The van der Waals surface area contributed by atoms with Crippen molar-refractivity contribution in [2.75, 3.05) is 13.1 Å². The number of esters is 1.